The van der Waals surface area contributed by atoms with Crippen LogP contribution in [0.15, 0.2) is 48.5 Å². The van der Waals surface area contributed by atoms with E-state index in [2.05, 4.69) is 97.0 Å². The van der Waals surface area contributed by atoms with Crippen LogP contribution in [0.2, 0.25) is 0 Å². The quantitative estimate of drug-likeness (QED) is 0.450. The molecule has 0 saturated heterocycles. The highest BCUT2D eigenvalue weighted by Crippen LogP contribution is 2.19. The molecule has 2 rings (SSSR count). The number of rotatable bonds is 6. The highest BCUT2D eigenvalue weighted by Gasteiger charge is 2.01. The molecule has 0 aliphatic heterocycles. The fraction of sp³-hybridized carbons (Fsp3) is 0.586. The zero-order valence-electron chi connectivity index (χ0n) is 17.5. The van der Waals surface area contributed by atoms with E-state index in [-0.39, 0.29) is 29.7 Å². The zero-order valence-corrected chi connectivity index (χ0v) is 17.5. The molecular weight excluding hydrogens is 348 g/mol. The Morgan fingerprint density at radius 3 is 1.03 bits per heavy atom. The van der Waals surface area contributed by atoms with Crippen molar-refractivity contribution >= 4 is 0 Å². The molecule has 0 N–H and O–H groups in total. The summed E-state index contributed by atoms with van der Waals surface area (Å²) in [6.07, 6.45) is 3.82. The molecule has 0 radical (unpaired) electrons. The third kappa shape index (κ3) is 13.3. The maximum Gasteiger partial charge on any atom is -0.0219 e. The molecule has 2 aromatic rings. The second-order valence-corrected chi connectivity index (χ2v) is 7.98. The van der Waals surface area contributed by atoms with Crippen molar-refractivity contribution in [3.8, 4) is 0 Å². The molecular formula is C29H54. The number of benzene rings is 2. The van der Waals surface area contributed by atoms with E-state index in [9.17, 15) is 0 Å². The van der Waals surface area contributed by atoms with Gasteiger partial charge in [0, 0.05) is 0 Å². The summed E-state index contributed by atoms with van der Waals surface area (Å²) in [5.74, 6) is 1.94. The van der Waals surface area contributed by atoms with Gasteiger partial charge in [0.2, 0.25) is 0 Å². The molecule has 0 saturated carbocycles. The Kier molecular flexibility index (Phi) is 22.2. The number of aryl methyl sites for hydroxylation is 1. The lowest BCUT2D eigenvalue weighted by Gasteiger charge is -2.08. The van der Waals surface area contributed by atoms with Crippen LogP contribution in [0.3, 0.4) is 0 Å². The fourth-order valence-electron chi connectivity index (χ4n) is 2.72. The first-order valence-electron chi connectivity index (χ1n) is 10.0. The minimum absolute atomic E-state index is 0. The summed E-state index contributed by atoms with van der Waals surface area (Å²) in [6.45, 7) is 15.6. The van der Waals surface area contributed by atoms with Crippen LogP contribution in [0.25, 0.3) is 0 Å². The number of hydrogen-bond donors (Lipinski definition) is 0. The molecule has 0 heteroatoms. The Balaban J connectivity index is -0.000000190. The van der Waals surface area contributed by atoms with Crippen molar-refractivity contribution in [1.82, 2.24) is 0 Å². The highest BCUT2D eigenvalue weighted by molar-refractivity contribution is 5.26. The van der Waals surface area contributed by atoms with Crippen LogP contribution in [-0.2, 0) is 6.42 Å². The maximum absolute atomic E-state index is 2.27. The summed E-state index contributed by atoms with van der Waals surface area (Å²) in [5, 5.41) is 0. The minimum atomic E-state index is 0. The largest absolute Gasteiger partial charge is 0.0776 e. The first kappa shape index (κ1) is 34.9. The average molecular weight is 403 g/mol. The van der Waals surface area contributed by atoms with E-state index >= 15 is 0 Å². The van der Waals surface area contributed by atoms with E-state index < -0.39 is 0 Å². The van der Waals surface area contributed by atoms with Crippen molar-refractivity contribution in [2.75, 3.05) is 0 Å². The Bertz CT molecular complexity index is 543. The van der Waals surface area contributed by atoms with Gasteiger partial charge in [0.25, 0.3) is 0 Å². The zero-order chi connectivity index (χ0) is 18.8. The molecule has 0 spiro atoms. The smallest absolute Gasteiger partial charge is 0.0219 e. The Morgan fingerprint density at radius 1 is 0.517 bits per heavy atom. The molecule has 0 bridgehead atoms. The van der Waals surface area contributed by atoms with E-state index in [0.29, 0.717) is 17.8 Å². The molecule has 0 aliphatic carbocycles. The summed E-state index contributed by atoms with van der Waals surface area (Å²) in [7, 11) is 0. The van der Waals surface area contributed by atoms with Crippen molar-refractivity contribution in [1.29, 1.82) is 0 Å². The average Bonchev–Trinajstić information content (AvgIpc) is 2.60. The van der Waals surface area contributed by atoms with Gasteiger partial charge in [-0.15, -0.1) is 0 Å². The lowest BCUT2D eigenvalue weighted by molar-refractivity contribution is 0.793. The second kappa shape index (κ2) is 18.5. The van der Waals surface area contributed by atoms with Gasteiger partial charge >= 0.3 is 0 Å². The summed E-state index contributed by atoms with van der Waals surface area (Å²) < 4.78 is 0. The van der Waals surface area contributed by atoms with Gasteiger partial charge in [-0.3, -0.25) is 0 Å². The summed E-state index contributed by atoms with van der Waals surface area (Å²) in [6, 6.07) is 18.0. The molecule has 0 nitrogen and oxygen atoms in total. The van der Waals surface area contributed by atoms with Gasteiger partial charge in [0.1, 0.15) is 0 Å². The van der Waals surface area contributed by atoms with E-state index in [0.717, 1.165) is 0 Å². The standard InChI is InChI=1S/C13H20.C12H18.4CH4/c1-4-5-6-12-7-9-13(10-8-12)11(2)3;1-9(2)11-5-7-12(8-6-11)10(3)4;;;;/h7-11H,4-6H2,1-3H3;5-10H,1-4H3;4*1H4. The SMILES string of the molecule is C.C.C.C.CC(C)c1ccc(C(C)C)cc1.CCCCc1ccc(C(C)C)cc1. The van der Waals surface area contributed by atoms with Gasteiger partial charge in [-0.05, 0) is 52.8 Å². The van der Waals surface area contributed by atoms with Crippen LogP contribution in [-0.4, -0.2) is 0 Å². The molecule has 29 heavy (non-hydrogen) atoms. The minimum Gasteiger partial charge on any atom is -0.0776 e. The normalized spacial score (nSPS) is 9.45. The molecule has 0 aromatic heterocycles. The van der Waals surface area contributed by atoms with Crippen molar-refractivity contribution < 1.29 is 0 Å². The van der Waals surface area contributed by atoms with Crippen molar-refractivity contribution in [2.24, 2.45) is 0 Å². The topological polar surface area (TPSA) is 0 Å². The van der Waals surface area contributed by atoms with Crippen LogP contribution in [0.5, 0.6) is 0 Å². The molecule has 0 amide bonds. The fourth-order valence-corrected chi connectivity index (χ4v) is 2.72. The summed E-state index contributed by atoms with van der Waals surface area (Å²) in [5.41, 5.74) is 5.78. The Morgan fingerprint density at radius 2 is 0.793 bits per heavy atom. The molecule has 0 fully saturated rings. The lowest BCUT2D eigenvalue weighted by atomic mass is 9.97. The van der Waals surface area contributed by atoms with Gasteiger partial charge in [-0.1, -0.05) is 133 Å². The monoisotopic (exact) mass is 402 g/mol. The predicted molar refractivity (Wildman–Crippen MR) is 141 cm³/mol. The first-order valence-corrected chi connectivity index (χ1v) is 10.0. The maximum atomic E-state index is 2.27. The molecule has 0 aliphatic rings. The van der Waals surface area contributed by atoms with Gasteiger partial charge in [-0.25, -0.2) is 0 Å². The first-order chi connectivity index (χ1) is 11.8. The van der Waals surface area contributed by atoms with Crippen LogP contribution < -0.4 is 0 Å². The summed E-state index contributed by atoms with van der Waals surface area (Å²) in [4.78, 5) is 0. The van der Waals surface area contributed by atoms with Crippen LogP contribution >= 0.6 is 0 Å². The van der Waals surface area contributed by atoms with Gasteiger partial charge in [-0.2, -0.15) is 0 Å². The third-order valence-corrected chi connectivity index (χ3v) is 4.74. The van der Waals surface area contributed by atoms with Crippen molar-refractivity contribution in [3.05, 3.63) is 70.8 Å². The molecule has 0 unspecified atom stereocenters. The predicted octanol–water partition coefficient (Wildman–Crippen LogP) is 10.6. The van der Waals surface area contributed by atoms with Crippen molar-refractivity contribution in [3.63, 3.8) is 0 Å². The van der Waals surface area contributed by atoms with Gasteiger partial charge in [0.05, 0.1) is 0 Å². The van der Waals surface area contributed by atoms with E-state index in [1.165, 1.54) is 41.5 Å². The molecule has 0 atom stereocenters. The lowest BCUT2D eigenvalue weighted by Crippen LogP contribution is -1.90. The van der Waals surface area contributed by atoms with Crippen LogP contribution in [0.4, 0.5) is 0 Å². The van der Waals surface area contributed by atoms with Gasteiger partial charge < -0.3 is 0 Å². The Labute approximate surface area is 186 Å². The second-order valence-electron chi connectivity index (χ2n) is 7.98. The van der Waals surface area contributed by atoms with E-state index in [1.54, 1.807) is 0 Å². The third-order valence-electron chi connectivity index (χ3n) is 4.74. The van der Waals surface area contributed by atoms with Crippen molar-refractivity contribution in [2.45, 2.75) is 115 Å². The van der Waals surface area contributed by atoms with E-state index in [4.69, 9.17) is 0 Å². The summed E-state index contributed by atoms with van der Waals surface area (Å²) >= 11 is 0. The highest BCUT2D eigenvalue weighted by atomic mass is 14.1. The van der Waals surface area contributed by atoms with Crippen LogP contribution in [0, 0.1) is 0 Å². The van der Waals surface area contributed by atoms with E-state index in [1.807, 2.05) is 0 Å². The number of unbranched alkanes of at least 4 members (excludes halogenated alkanes) is 1. The molecule has 2 aromatic carbocycles. The van der Waals surface area contributed by atoms with Gasteiger partial charge in [0.15, 0.2) is 0 Å². The van der Waals surface area contributed by atoms with Crippen LogP contribution in [0.1, 0.15) is 131 Å². The molecule has 0 heterocycles. The molecule has 170 valence electrons. The number of hydrogen-bond acceptors (Lipinski definition) is 0. The Hall–Kier alpha value is -1.56.